The van der Waals surface area contributed by atoms with Crippen LogP contribution in [-0.2, 0) is 0 Å². The molecule has 16 heteroatoms. The first kappa shape index (κ1) is 40.5. The molecule has 2 aliphatic heterocycles. The highest BCUT2D eigenvalue weighted by Crippen LogP contribution is 2.42. The zero-order chi connectivity index (χ0) is 45.0. The lowest BCUT2D eigenvalue weighted by molar-refractivity contribution is 1.13. The van der Waals surface area contributed by atoms with Crippen LogP contribution in [0.4, 0.5) is 0 Å². The predicted octanol–water partition coefficient (Wildman–Crippen LogP) is 13.1. The molecule has 2 aliphatic rings. The number of hydrogen-bond donors (Lipinski definition) is 2. The van der Waals surface area contributed by atoms with Gasteiger partial charge in [0.2, 0.25) is 0 Å². The summed E-state index contributed by atoms with van der Waals surface area (Å²) in [6.07, 6.45) is 7.20. The molecule has 0 unspecified atom stereocenters. The summed E-state index contributed by atoms with van der Waals surface area (Å²) in [6.45, 7) is 0. The van der Waals surface area contributed by atoms with Gasteiger partial charge in [-0.05, 0) is 121 Å². The highest BCUT2D eigenvalue weighted by atomic mass is 32.2. The summed E-state index contributed by atoms with van der Waals surface area (Å²) in [5.74, 6) is 2.06. The molecule has 0 radical (unpaired) electrons. The van der Waals surface area contributed by atoms with Crippen LogP contribution in [0, 0.1) is 0 Å². The van der Waals surface area contributed by atoms with Gasteiger partial charge >= 0.3 is 0 Å². The van der Waals surface area contributed by atoms with Gasteiger partial charge in [0.25, 0.3) is 0 Å². The third-order valence-electron chi connectivity index (χ3n) is 11.2. The van der Waals surface area contributed by atoms with Crippen LogP contribution in [0.2, 0.25) is 0 Å². The maximum absolute atomic E-state index is 5.33. The van der Waals surface area contributed by atoms with Crippen LogP contribution in [0.15, 0.2) is 210 Å². The van der Waals surface area contributed by atoms with Crippen molar-refractivity contribution in [2.75, 3.05) is 0 Å². The van der Waals surface area contributed by atoms with E-state index in [1.54, 1.807) is 71.8 Å². The van der Waals surface area contributed by atoms with E-state index in [9.17, 15) is 0 Å². The van der Waals surface area contributed by atoms with Crippen LogP contribution in [0.1, 0.15) is 0 Å². The van der Waals surface area contributed by atoms with Gasteiger partial charge in [0.1, 0.15) is 42.7 Å². The number of rotatable bonds is 8. The molecule has 0 saturated carbocycles. The van der Waals surface area contributed by atoms with E-state index in [2.05, 4.69) is 103 Å². The van der Waals surface area contributed by atoms with Crippen molar-refractivity contribution in [3.8, 4) is 45.6 Å². The Labute approximate surface area is 404 Å². The molecular weight excluding hydrogens is 921 g/mol. The Bertz CT molecular complexity index is 3670. The van der Waals surface area contributed by atoms with E-state index >= 15 is 0 Å². The SMILES string of the molecule is c1ccc(Sc2ccc3c(c2)-c2nc-3nc3[nH]c(nc4nc(nc5[nH]c(n2)c2ccc(Sc6ccccn6)cc52)-c2ccc(Sc5ccccn5)cc2-4)c2ccc(Sc4ccccn4)cc32)nc1. The van der Waals surface area contributed by atoms with Gasteiger partial charge in [-0.2, -0.15) is 0 Å². The van der Waals surface area contributed by atoms with Gasteiger partial charge < -0.3 is 9.97 Å². The molecular formula is C52H30N12S4. The van der Waals surface area contributed by atoms with Crippen LogP contribution in [0.5, 0.6) is 0 Å². The summed E-state index contributed by atoms with van der Waals surface area (Å²) < 4.78 is 0. The van der Waals surface area contributed by atoms with Crippen molar-refractivity contribution < 1.29 is 0 Å². The van der Waals surface area contributed by atoms with Crippen molar-refractivity contribution in [3.05, 3.63) is 170 Å². The van der Waals surface area contributed by atoms with E-state index < -0.39 is 0 Å². The number of H-pyrrole nitrogens is 2. The van der Waals surface area contributed by atoms with Crippen molar-refractivity contribution in [1.29, 1.82) is 0 Å². The van der Waals surface area contributed by atoms with Crippen LogP contribution >= 0.6 is 47.0 Å². The maximum Gasteiger partial charge on any atom is 0.164 e. The third-order valence-corrected chi connectivity index (χ3v) is 14.9. The predicted molar refractivity (Wildman–Crippen MR) is 269 cm³/mol. The Kier molecular flexibility index (Phi) is 10.2. The van der Waals surface area contributed by atoms with E-state index in [0.717, 1.165) is 83.5 Å². The number of aromatic amines is 2. The van der Waals surface area contributed by atoms with Crippen LogP contribution in [-0.4, -0.2) is 59.8 Å². The fraction of sp³-hybridized carbons (Fsp3) is 0. The zero-order valence-electron chi connectivity index (χ0n) is 35.3. The smallest absolute Gasteiger partial charge is 0.164 e. The Hall–Kier alpha value is -7.76. The Morgan fingerprint density at radius 3 is 0.956 bits per heavy atom. The van der Waals surface area contributed by atoms with Gasteiger partial charge in [-0.25, -0.2) is 49.8 Å². The van der Waals surface area contributed by atoms with Gasteiger partial charge in [0.15, 0.2) is 23.3 Å². The summed E-state index contributed by atoms with van der Waals surface area (Å²) >= 11 is 6.32. The first-order chi connectivity index (χ1) is 33.6. The van der Waals surface area contributed by atoms with Gasteiger partial charge in [-0.1, -0.05) is 71.3 Å². The first-order valence-electron chi connectivity index (χ1n) is 21.4. The van der Waals surface area contributed by atoms with Crippen molar-refractivity contribution in [3.63, 3.8) is 0 Å². The van der Waals surface area contributed by atoms with Crippen LogP contribution in [0.3, 0.4) is 0 Å². The molecule has 322 valence electrons. The monoisotopic (exact) mass is 950 g/mol. The number of nitrogens with zero attached hydrogens (tertiary/aromatic N) is 10. The third kappa shape index (κ3) is 7.82. The van der Waals surface area contributed by atoms with E-state index in [4.69, 9.17) is 29.9 Å². The molecule has 4 aromatic carbocycles. The number of hydrogen-bond acceptors (Lipinski definition) is 14. The normalized spacial score (nSPS) is 11.8. The number of benzene rings is 4. The average molecular weight is 951 g/mol. The molecule has 0 aliphatic carbocycles. The lowest BCUT2D eigenvalue weighted by Crippen LogP contribution is -1.85. The fourth-order valence-corrected chi connectivity index (χ4v) is 11.3. The van der Waals surface area contributed by atoms with Crippen molar-refractivity contribution >= 4 is 91.2 Å². The molecule has 12 nitrogen and oxygen atoms in total. The second-order valence-corrected chi connectivity index (χ2v) is 19.9. The molecule has 0 saturated heterocycles. The molecule has 0 amide bonds. The largest absolute Gasteiger partial charge is 0.324 e. The molecule has 8 bridgehead atoms. The fourth-order valence-electron chi connectivity index (χ4n) is 8.08. The minimum absolute atomic E-state index is 0.514. The van der Waals surface area contributed by atoms with E-state index in [1.807, 2.05) is 72.8 Å². The minimum atomic E-state index is 0.514. The Balaban J connectivity index is 1.08. The molecule has 0 atom stereocenters. The molecule has 68 heavy (non-hydrogen) atoms. The molecule has 0 fully saturated rings. The van der Waals surface area contributed by atoms with Gasteiger partial charge in [0, 0.05) is 88.2 Å². The van der Waals surface area contributed by atoms with Gasteiger partial charge in [-0.15, -0.1) is 0 Å². The van der Waals surface area contributed by atoms with Crippen LogP contribution in [0.25, 0.3) is 89.7 Å². The van der Waals surface area contributed by atoms with E-state index in [-0.39, 0.29) is 0 Å². The standard InChI is InChI=1S/C52H30N12S4/c1-5-21-53-41(9-1)65-29-13-17-33-37(25-29)49-57-45(33)62-50-39-27-31(67-43-11-3-7-23-55-43)15-19-35(39)47(59-50)64-52-40-28-32(68-44-12-4-8-24-56-44)16-20-36(40)48(60-52)63-51-38-26-30(66-42-10-2-6-22-54-42)14-18-34(38)46(58-51)61-49/h1-28H,(H2,57,58,59,60,61,62,63,64). The number of fused-ring (bicyclic) bond motifs is 20. The molecule has 0 spiro atoms. The maximum atomic E-state index is 5.33. The minimum Gasteiger partial charge on any atom is -0.324 e. The molecule has 13 rings (SSSR count). The van der Waals surface area contributed by atoms with Crippen molar-refractivity contribution in [2.24, 2.45) is 0 Å². The van der Waals surface area contributed by atoms with E-state index in [0.29, 0.717) is 45.9 Å². The lowest BCUT2D eigenvalue weighted by Gasteiger charge is -2.04. The second-order valence-electron chi connectivity index (χ2n) is 15.5. The molecule has 9 heterocycles. The summed E-state index contributed by atoms with van der Waals surface area (Å²) in [6, 6.07) is 48.7. The molecule has 11 aromatic rings. The lowest BCUT2D eigenvalue weighted by atomic mass is 10.1. The second kappa shape index (κ2) is 17.2. The quantitative estimate of drug-likeness (QED) is 0.148. The average Bonchev–Trinajstić information content (AvgIpc) is 4.10. The summed E-state index contributed by atoms with van der Waals surface area (Å²) in [5, 5.41) is 7.03. The number of nitrogens with one attached hydrogen (secondary N) is 2. The number of aromatic nitrogens is 12. The Morgan fingerprint density at radius 2 is 0.603 bits per heavy atom. The topological polar surface area (TPSA) is 160 Å². The summed E-state index contributed by atoms with van der Waals surface area (Å²) in [4.78, 5) is 61.2. The zero-order valence-corrected chi connectivity index (χ0v) is 38.5. The summed E-state index contributed by atoms with van der Waals surface area (Å²) in [5.41, 5.74) is 5.79. The van der Waals surface area contributed by atoms with Crippen molar-refractivity contribution in [2.45, 2.75) is 39.7 Å². The van der Waals surface area contributed by atoms with Crippen molar-refractivity contribution in [1.82, 2.24) is 59.8 Å². The molecule has 7 aromatic heterocycles. The van der Waals surface area contributed by atoms with Gasteiger partial charge in [0.05, 0.1) is 0 Å². The first-order valence-corrected chi connectivity index (χ1v) is 24.6. The summed E-state index contributed by atoms with van der Waals surface area (Å²) in [7, 11) is 0. The number of pyridine rings is 4. The highest BCUT2D eigenvalue weighted by molar-refractivity contribution is 8.00. The Morgan fingerprint density at radius 1 is 0.279 bits per heavy atom. The van der Waals surface area contributed by atoms with Gasteiger partial charge in [-0.3, -0.25) is 0 Å². The highest BCUT2D eigenvalue weighted by Gasteiger charge is 2.24. The van der Waals surface area contributed by atoms with E-state index in [1.165, 1.54) is 0 Å². The van der Waals surface area contributed by atoms with Crippen LogP contribution < -0.4 is 0 Å². The molecule has 2 N–H and O–H groups in total.